The second-order valence-electron chi connectivity index (χ2n) is 3.08. The van der Waals surface area contributed by atoms with Crippen molar-refractivity contribution in [2.75, 3.05) is 13.7 Å². The first-order valence-electron chi connectivity index (χ1n) is 4.78. The van der Waals surface area contributed by atoms with Crippen LogP contribution in [0, 0.1) is 0 Å². The molecule has 1 rings (SSSR count). The van der Waals surface area contributed by atoms with Crippen LogP contribution in [0.3, 0.4) is 0 Å². The molecule has 82 valence electrons. The van der Waals surface area contributed by atoms with Crippen molar-refractivity contribution < 1.29 is 14.3 Å². The predicted octanol–water partition coefficient (Wildman–Crippen LogP) is 1.72. The Labute approximate surface area is 89.0 Å². The summed E-state index contributed by atoms with van der Waals surface area (Å²) in [5.41, 5.74) is 5.95. The van der Waals surface area contributed by atoms with Gasteiger partial charge in [-0.2, -0.15) is 0 Å². The van der Waals surface area contributed by atoms with Gasteiger partial charge in [0.25, 0.3) is 0 Å². The molecule has 0 aromatic heterocycles. The van der Waals surface area contributed by atoms with Gasteiger partial charge in [-0.25, -0.2) is 4.79 Å². The molecule has 0 aliphatic carbocycles. The number of aryl methyl sites for hydroxylation is 1. The van der Waals surface area contributed by atoms with E-state index in [1.54, 1.807) is 7.11 Å². The maximum atomic E-state index is 10.3. The first-order valence-corrected chi connectivity index (χ1v) is 4.78. The molecule has 4 heteroatoms. The molecular formula is C11H15NO3. The van der Waals surface area contributed by atoms with E-state index in [0.29, 0.717) is 6.61 Å². The van der Waals surface area contributed by atoms with Crippen LogP contribution in [-0.4, -0.2) is 19.8 Å². The summed E-state index contributed by atoms with van der Waals surface area (Å²) < 4.78 is 9.83. The lowest BCUT2D eigenvalue weighted by atomic mass is 10.1. The maximum Gasteiger partial charge on any atom is 0.404 e. The van der Waals surface area contributed by atoms with Gasteiger partial charge in [-0.05, 0) is 24.5 Å². The lowest BCUT2D eigenvalue weighted by molar-refractivity contribution is 0.155. The minimum atomic E-state index is -0.727. The van der Waals surface area contributed by atoms with Crippen LogP contribution in [0.5, 0.6) is 5.75 Å². The molecule has 0 fully saturated rings. The van der Waals surface area contributed by atoms with Crippen LogP contribution in [0.25, 0.3) is 0 Å². The zero-order valence-corrected chi connectivity index (χ0v) is 8.73. The molecule has 0 saturated heterocycles. The monoisotopic (exact) mass is 209 g/mol. The Morgan fingerprint density at radius 3 is 2.80 bits per heavy atom. The first kappa shape index (κ1) is 11.4. The minimum absolute atomic E-state index is 0.341. The van der Waals surface area contributed by atoms with E-state index in [4.69, 9.17) is 10.5 Å². The van der Waals surface area contributed by atoms with Gasteiger partial charge in [0.2, 0.25) is 0 Å². The van der Waals surface area contributed by atoms with Crippen LogP contribution in [0.2, 0.25) is 0 Å². The van der Waals surface area contributed by atoms with Gasteiger partial charge in [-0.15, -0.1) is 0 Å². The molecule has 0 spiro atoms. The Bertz CT molecular complexity index is 325. The topological polar surface area (TPSA) is 61.6 Å². The number of primary amides is 1. The molecule has 1 amide bonds. The van der Waals surface area contributed by atoms with E-state index < -0.39 is 6.09 Å². The second kappa shape index (κ2) is 5.90. The van der Waals surface area contributed by atoms with Crippen LogP contribution in [0.4, 0.5) is 4.79 Å². The van der Waals surface area contributed by atoms with E-state index in [0.717, 1.165) is 24.2 Å². The van der Waals surface area contributed by atoms with Crippen molar-refractivity contribution in [3.05, 3.63) is 29.8 Å². The summed E-state index contributed by atoms with van der Waals surface area (Å²) in [4.78, 5) is 10.3. The molecule has 0 saturated carbocycles. The summed E-state index contributed by atoms with van der Waals surface area (Å²) in [7, 11) is 1.64. The van der Waals surface area contributed by atoms with Crippen molar-refractivity contribution in [3.63, 3.8) is 0 Å². The summed E-state index contributed by atoms with van der Waals surface area (Å²) in [5.74, 6) is 0.858. The SMILES string of the molecule is COc1ccccc1CCCOC(N)=O. The molecule has 1 aromatic carbocycles. The summed E-state index contributed by atoms with van der Waals surface area (Å²) in [6.07, 6.45) is 0.815. The summed E-state index contributed by atoms with van der Waals surface area (Å²) >= 11 is 0. The summed E-state index contributed by atoms with van der Waals surface area (Å²) in [6, 6.07) is 7.77. The van der Waals surface area contributed by atoms with Gasteiger partial charge in [0.1, 0.15) is 5.75 Å². The number of methoxy groups -OCH3 is 1. The number of para-hydroxylation sites is 1. The Morgan fingerprint density at radius 2 is 2.13 bits per heavy atom. The highest BCUT2D eigenvalue weighted by Gasteiger charge is 2.01. The first-order chi connectivity index (χ1) is 7.24. The number of nitrogens with two attached hydrogens (primary N) is 1. The lowest BCUT2D eigenvalue weighted by Crippen LogP contribution is -2.14. The van der Waals surface area contributed by atoms with Gasteiger partial charge >= 0.3 is 6.09 Å². The van der Waals surface area contributed by atoms with Gasteiger partial charge < -0.3 is 15.2 Å². The van der Waals surface area contributed by atoms with Crippen LogP contribution in [0.15, 0.2) is 24.3 Å². The number of benzene rings is 1. The molecule has 0 heterocycles. The zero-order chi connectivity index (χ0) is 11.1. The fraction of sp³-hybridized carbons (Fsp3) is 0.364. The maximum absolute atomic E-state index is 10.3. The van der Waals surface area contributed by atoms with Crippen LogP contribution in [-0.2, 0) is 11.2 Å². The fourth-order valence-corrected chi connectivity index (χ4v) is 1.34. The third kappa shape index (κ3) is 3.89. The molecule has 1 aromatic rings. The van der Waals surface area contributed by atoms with Gasteiger partial charge in [0, 0.05) is 0 Å². The van der Waals surface area contributed by atoms with E-state index in [1.165, 1.54) is 0 Å². The normalized spacial score (nSPS) is 9.67. The van der Waals surface area contributed by atoms with E-state index in [9.17, 15) is 4.79 Å². The number of carbonyl (C=O) groups is 1. The van der Waals surface area contributed by atoms with Crippen molar-refractivity contribution in [1.82, 2.24) is 0 Å². The van der Waals surface area contributed by atoms with Crippen molar-refractivity contribution >= 4 is 6.09 Å². The molecule has 0 aliphatic rings. The number of amides is 1. The van der Waals surface area contributed by atoms with Gasteiger partial charge in [0.15, 0.2) is 0 Å². The molecule has 0 radical (unpaired) electrons. The molecule has 15 heavy (non-hydrogen) atoms. The smallest absolute Gasteiger partial charge is 0.404 e. The molecular weight excluding hydrogens is 194 g/mol. The van der Waals surface area contributed by atoms with Crippen LogP contribution >= 0.6 is 0 Å². The number of ether oxygens (including phenoxy) is 2. The van der Waals surface area contributed by atoms with E-state index in [2.05, 4.69) is 4.74 Å². The largest absolute Gasteiger partial charge is 0.496 e. The Morgan fingerprint density at radius 1 is 1.40 bits per heavy atom. The Hall–Kier alpha value is -1.71. The average Bonchev–Trinajstić information content (AvgIpc) is 2.24. The molecule has 2 N–H and O–H groups in total. The second-order valence-corrected chi connectivity index (χ2v) is 3.08. The number of hydrogen-bond acceptors (Lipinski definition) is 3. The Kier molecular flexibility index (Phi) is 4.47. The average molecular weight is 209 g/mol. The predicted molar refractivity (Wildman–Crippen MR) is 56.9 cm³/mol. The highest BCUT2D eigenvalue weighted by atomic mass is 16.5. The fourth-order valence-electron chi connectivity index (χ4n) is 1.34. The molecule has 0 bridgehead atoms. The van der Waals surface area contributed by atoms with Crippen LogP contribution < -0.4 is 10.5 Å². The van der Waals surface area contributed by atoms with E-state index in [-0.39, 0.29) is 0 Å². The van der Waals surface area contributed by atoms with Crippen molar-refractivity contribution in [2.45, 2.75) is 12.8 Å². The standard InChI is InChI=1S/C11H15NO3/c1-14-10-7-3-2-5-9(10)6-4-8-15-11(12)13/h2-3,5,7H,4,6,8H2,1H3,(H2,12,13). The molecule has 0 aliphatic heterocycles. The molecule has 0 unspecified atom stereocenters. The van der Waals surface area contributed by atoms with Gasteiger partial charge in [-0.3, -0.25) is 0 Å². The van der Waals surface area contributed by atoms with Crippen molar-refractivity contribution in [1.29, 1.82) is 0 Å². The highest BCUT2D eigenvalue weighted by molar-refractivity contribution is 5.64. The van der Waals surface area contributed by atoms with Crippen molar-refractivity contribution in [2.24, 2.45) is 5.73 Å². The van der Waals surface area contributed by atoms with E-state index in [1.807, 2.05) is 24.3 Å². The minimum Gasteiger partial charge on any atom is -0.496 e. The third-order valence-electron chi connectivity index (χ3n) is 2.03. The third-order valence-corrected chi connectivity index (χ3v) is 2.03. The summed E-state index contributed by atoms with van der Waals surface area (Å²) in [5, 5.41) is 0. The molecule has 0 atom stereocenters. The van der Waals surface area contributed by atoms with Crippen LogP contribution in [0.1, 0.15) is 12.0 Å². The molecule has 4 nitrogen and oxygen atoms in total. The number of hydrogen-bond donors (Lipinski definition) is 1. The van der Waals surface area contributed by atoms with E-state index >= 15 is 0 Å². The lowest BCUT2D eigenvalue weighted by Gasteiger charge is -2.07. The van der Waals surface area contributed by atoms with Gasteiger partial charge in [-0.1, -0.05) is 18.2 Å². The number of carbonyl (C=O) groups excluding carboxylic acids is 1. The highest BCUT2D eigenvalue weighted by Crippen LogP contribution is 2.18. The quantitative estimate of drug-likeness (QED) is 0.751. The zero-order valence-electron chi connectivity index (χ0n) is 8.73. The van der Waals surface area contributed by atoms with Crippen molar-refractivity contribution in [3.8, 4) is 5.75 Å². The number of rotatable bonds is 5. The Balaban J connectivity index is 2.39. The van der Waals surface area contributed by atoms with Gasteiger partial charge in [0.05, 0.1) is 13.7 Å². The summed E-state index contributed by atoms with van der Waals surface area (Å²) in [6.45, 7) is 0.341.